The molecule has 0 saturated heterocycles. The molecule has 0 rings (SSSR count). The lowest BCUT2D eigenvalue weighted by atomic mass is 9.99. The quantitative estimate of drug-likeness (QED) is 0.575. The molecule has 5 heteroatoms. The van der Waals surface area contributed by atoms with Crippen LogP contribution < -0.4 is 0 Å². The zero-order valence-corrected chi connectivity index (χ0v) is 5.91. The molecule has 0 heterocycles. The van der Waals surface area contributed by atoms with Crippen molar-refractivity contribution < 1.29 is 5.11 Å². The molecule has 58 valence electrons. The van der Waals surface area contributed by atoms with Crippen LogP contribution in [0.1, 0.15) is 12.8 Å². The molecule has 11 heavy (non-hydrogen) atoms. The molecule has 0 atom stereocenters. The lowest BCUT2D eigenvalue weighted by Gasteiger charge is -2.08. The van der Waals surface area contributed by atoms with Crippen LogP contribution in [0.5, 0.6) is 0 Å². The van der Waals surface area contributed by atoms with Gasteiger partial charge in [0.05, 0.1) is 0 Å². The van der Waals surface area contributed by atoms with Crippen LogP contribution in [-0.4, -0.2) is 17.3 Å². The molecule has 5 nitrogen and oxygen atoms in total. The van der Waals surface area contributed by atoms with Gasteiger partial charge in [-0.3, -0.25) is 0 Å². The van der Waals surface area contributed by atoms with E-state index in [1.165, 1.54) is 0 Å². The molecule has 0 bridgehead atoms. The van der Waals surface area contributed by atoms with Crippen LogP contribution in [-0.2, 0) is 0 Å². The summed E-state index contributed by atoms with van der Waals surface area (Å²) in [5.41, 5.74) is 5.00. The minimum absolute atomic E-state index is 0.0966. The van der Waals surface area contributed by atoms with Gasteiger partial charge in [-0.25, -0.2) is 5.53 Å². The van der Waals surface area contributed by atoms with Gasteiger partial charge in [0.2, 0.25) is 0 Å². The van der Waals surface area contributed by atoms with Gasteiger partial charge in [0.15, 0.2) is 0 Å². The third-order valence-electron chi connectivity index (χ3n) is 1.26. The third-order valence-corrected chi connectivity index (χ3v) is 1.26. The highest BCUT2D eigenvalue weighted by molar-refractivity contribution is 5.20. The van der Waals surface area contributed by atoms with Crippen LogP contribution in [0.25, 0.3) is 0 Å². The lowest BCUT2D eigenvalue weighted by Crippen LogP contribution is -2.21. The number of aliphatic hydroxyl groups excluding tert-OH is 1. The number of hydrogen-bond acceptors (Lipinski definition) is 5. The molecule has 0 aromatic heterocycles. The molecule has 2 N–H and O–H groups in total. The fourth-order valence-electron chi connectivity index (χ4n) is 0.578. The van der Waals surface area contributed by atoms with E-state index in [0.29, 0.717) is 6.42 Å². The Bertz CT molecular complexity index is 198. The van der Waals surface area contributed by atoms with Crippen molar-refractivity contribution in [2.45, 2.75) is 18.4 Å². The summed E-state index contributed by atoms with van der Waals surface area (Å²) < 4.78 is 0. The highest BCUT2D eigenvalue weighted by Gasteiger charge is 2.28. The molecule has 0 spiro atoms. The van der Waals surface area contributed by atoms with E-state index in [1.807, 2.05) is 0 Å². The first-order valence-electron chi connectivity index (χ1n) is 3.06. The summed E-state index contributed by atoms with van der Waals surface area (Å²) in [7, 11) is 0. The Morgan fingerprint density at radius 1 is 1.45 bits per heavy atom. The summed E-state index contributed by atoms with van der Waals surface area (Å²) in [6.07, 6.45) is 0.420. The average molecular weight is 152 g/mol. The molecule has 0 fully saturated rings. The molecule has 0 aliphatic rings. The van der Waals surface area contributed by atoms with Gasteiger partial charge in [-0.05, 0) is 6.42 Å². The van der Waals surface area contributed by atoms with Crippen LogP contribution in [0.2, 0.25) is 0 Å². The molecule has 0 aromatic carbocycles. The summed E-state index contributed by atoms with van der Waals surface area (Å²) >= 11 is 0. The summed E-state index contributed by atoms with van der Waals surface area (Å²) in [6, 6.07) is 3.25. The van der Waals surface area contributed by atoms with Crippen molar-refractivity contribution in [1.29, 1.82) is 16.1 Å². The molecular formula is C6H8N4O. The fraction of sp³-hybridized carbons (Fsp3) is 0.667. The van der Waals surface area contributed by atoms with Crippen molar-refractivity contribution >= 4 is 0 Å². The van der Waals surface area contributed by atoms with Crippen molar-refractivity contribution in [3.8, 4) is 12.1 Å². The van der Waals surface area contributed by atoms with Crippen molar-refractivity contribution in [3.05, 3.63) is 0 Å². The summed E-state index contributed by atoms with van der Waals surface area (Å²) in [4.78, 5) is 0. The van der Waals surface area contributed by atoms with Gasteiger partial charge in [-0.2, -0.15) is 15.6 Å². The van der Waals surface area contributed by atoms with Gasteiger partial charge < -0.3 is 5.11 Å². The standard InChI is InChI=1S/C6H8N4O/c7-4-6(5-8,10-9)2-1-3-11/h9,11H,1-3H2. The van der Waals surface area contributed by atoms with Crippen LogP contribution in [0, 0.1) is 28.2 Å². The predicted octanol–water partition coefficient (Wildman–Crippen LogP) is 0.576. The molecular weight excluding hydrogens is 144 g/mol. The largest absolute Gasteiger partial charge is 0.396 e. The molecule has 0 radical (unpaired) electrons. The van der Waals surface area contributed by atoms with Crippen molar-refractivity contribution in [2.24, 2.45) is 5.11 Å². The van der Waals surface area contributed by atoms with E-state index >= 15 is 0 Å². The summed E-state index contributed by atoms with van der Waals surface area (Å²) in [5.74, 6) is 0. The van der Waals surface area contributed by atoms with Gasteiger partial charge in [-0.1, -0.05) is 0 Å². The normalized spacial score (nSPS) is 9.73. The van der Waals surface area contributed by atoms with Crippen LogP contribution >= 0.6 is 0 Å². The van der Waals surface area contributed by atoms with E-state index in [1.54, 1.807) is 12.1 Å². The number of hydrogen-bond donors (Lipinski definition) is 2. The molecule has 0 unspecified atom stereocenters. The number of aliphatic hydroxyl groups is 1. The molecule has 0 aromatic rings. The zero-order chi connectivity index (χ0) is 8.74. The highest BCUT2D eigenvalue weighted by atomic mass is 16.2. The zero-order valence-electron chi connectivity index (χ0n) is 5.91. The fourth-order valence-corrected chi connectivity index (χ4v) is 0.578. The predicted molar refractivity (Wildman–Crippen MR) is 35.4 cm³/mol. The highest BCUT2D eigenvalue weighted by Crippen LogP contribution is 2.15. The minimum atomic E-state index is -1.58. The summed E-state index contributed by atoms with van der Waals surface area (Å²) in [6.45, 7) is -0.0966. The monoisotopic (exact) mass is 152 g/mol. The second kappa shape index (κ2) is 4.37. The third kappa shape index (κ3) is 2.32. The van der Waals surface area contributed by atoms with E-state index in [-0.39, 0.29) is 13.0 Å². The van der Waals surface area contributed by atoms with E-state index in [2.05, 4.69) is 5.11 Å². The molecule has 0 aliphatic heterocycles. The Morgan fingerprint density at radius 3 is 2.27 bits per heavy atom. The van der Waals surface area contributed by atoms with Gasteiger partial charge in [0, 0.05) is 13.0 Å². The SMILES string of the molecule is N#CC(C#N)(CCCO)N=N. The topological polar surface area (TPSA) is 104 Å². The van der Waals surface area contributed by atoms with Crippen LogP contribution in [0.15, 0.2) is 5.11 Å². The number of nitrogens with one attached hydrogen (secondary N) is 1. The summed E-state index contributed by atoms with van der Waals surface area (Å²) in [5, 5.41) is 28.2. The maximum atomic E-state index is 8.44. The average Bonchev–Trinajstić information content (AvgIpc) is 2.08. The van der Waals surface area contributed by atoms with E-state index in [0.717, 1.165) is 0 Å². The molecule has 0 aliphatic carbocycles. The van der Waals surface area contributed by atoms with Crippen molar-refractivity contribution in [1.82, 2.24) is 0 Å². The first-order chi connectivity index (χ1) is 5.24. The smallest absolute Gasteiger partial charge is 0.251 e. The van der Waals surface area contributed by atoms with Gasteiger partial charge in [-0.15, -0.1) is 0 Å². The second-order valence-electron chi connectivity index (χ2n) is 2.02. The van der Waals surface area contributed by atoms with Crippen molar-refractivity contribution in [3.63, 3.8) is 0 Å². The Morgan fingerprint density at radius 2 is 2.00 bits per heavy atom. The van der Waals surface area contributed by atoms with Crippen molar-refractivity contribution in [2.75, 3.05) is 6.61 Å². The minimum Gasteiger partial charge on any atom is -0.396 e. The maximum Gasteiger partial charge on any atom is 0.251 e. The van der Waals surface area contributed by atoms with Gasteiger partial charge >= 0.3 is 0 Å². The Balaban J connectivity index is 4.24. The Hall–Kier alpha value is -1.46. The first kappa shape index (κ1) is 9.54. The van der Waals surface area contributed by atoms with E-state index < -0.39 is 5.54 Å². The van der Waals surface area contributed by atoms with Crippen LogP contribution in [0.3, 0.4) is 0 Å². The number of rotatable bonds is 4. The van der Waals surface area contributed by atoms with E-state index in [9.17, 15) is 0 Å². The number of nitrogens with zero attached hydrogens (tertiary/aromatic N) is 3. The Kier molecular flexibility index (Phi) is 3.79. The maximum absolute atomic E-state index is 8.44. The first-order valence-corrected chi connectivity index (χ1v) is 3.06. The van der Waals surface area contributed by atoms with Crippen LogP contribution in [0.4, 0.5) is 0 Å². The van der Waals surface area contributed by atoms with Gasteiger partial charge in [0.25, 0.3) is 5.54 Å². The second-order valence-corrected chi connectivity index (χ2v) is 2.02. The Labute approximate surface area is 64.4 Å². The molecule has 0 saturated carbocycles. The van der Waals surface area contributed by atoms with Gasteiger partial charge in [0.1, 0.15) is 12.1 Å². The number of nitriles is 2. The van der Waals surface area contributed by atoms with E-state index in [4.69, 9.17) is 21.2 Å². The lowest BCUT2D eigenvalue weighted by molar-refractivity contribution is 0.277. The molecule has 0 amide bonds.